The zero-order chi connectivity index (χ0) is 25.9. The maximum absolute atomic E-state index is 13.6. The van der Waals surface area contributed by atoms with Crippen LogP contribution in [0.4, 0.5) is 0 Å². The summed E-state index contributed by atoms with van der Waals surface area (Å²) in [6.07, 6.45) is 0. The lowest BCUT2D eigenvalue weighted by molar-refractivity contribution is 0.0316. The fraction of sp³-hybridized carbons (Fsp3) is 0.267. The van der Waals surface area contributed by atoms with Crippen LogP contribution in [0.1, 0.15) is 33.2 Å². The molecular formula is C30H29ClN4O3. The highest BCUT2D eigenvalue weighted by atomic mass is 35.5. The van der Waals surface area contributed by atoms with Gasteiger partial charge in [-0.05, 0) is 35.4 Å². The van der Waals surface area contributed by atoms with Crippen LogP contribution in [-0.2, 0) is 11.3 Å². The summed E-state index contributed by atoms with van der Waals surface area (Å²) < 4.78 is 11.5. The average molecular weight is 529 g/mol. The molecule has 1 atom stereocenters. The van der Waals surface area contributed by atoms with Crippen molar-refractivity contribution < 1.29 is 14.3 Å². The van der Waals surface area contributed by atoms with Crippen LogP contribution in [0.25, 0.3) is 11.3 Å². The van der Waals surface area contributed by atoms with Crippen molar-refractivity contribution in [1.82, 2.24) is 20.0 Å². The third kappa shape index (κ3) is 5.05. The van der Waals surface area contributed by atoms with Crippen molar-refractivity contribution in [2.24, 2.45) is 0 Å². The molecule has 0 saturated carbocycles. The van der Waals surface area contributed by atoms with E-state index >= 15 is 0 Å². The number of aromatic nitrogens is 2. The van der Waals surface area contributed by atoms with E-state index in [0.29, 0.717) is 23.9 Å². The minimum atomic E-state index is -0.258. The molecule has 1 N–H and O–H groups in total. The largest absolute Gasteiger partial charge is 0.489 e. The molecule has 8 heteroatoms. The topological polar surface area (TPSA) is 70.7 Å². The second kappa shape index (κ2) is 11.0. The zero-order valence-corrected chi connectivity index (χ0v) is 21.7. The zero-order valence-electron chi connectivity index (χ0n) is 21.0. The van der Waals surface area contributed by atoms with Crippen molar-refractivity contribution in [3.63, 3.8) is 0 Å². The highest BCUT2D eigenvalue weighted by Crippen LogP contribution is 2.43. The van der Waals surface area contributed by atoms with Crippen LogP contribution in [0.15, 0.2) is 78.9 Å². The van der Waals surface area contributed by atoms with Crippen molar-refractivity contribution in [2.75, 3.05) is 39.4 Å². The van der Waals surface area contributed by atoms with Crippen LogP contribution in [-0.4, -0.2) is 65.3 Å². The molecule has 1 amide bonds. The second-order valence-electron chi connectivity index (χ2n) is 9.57. The lowest BCUT2D eigenvalue weighted by Gasteiger charge is -2.31. The van der Waals surface area contributed by atoms with E-state index in [2.05, 4.69) is 15.1 Å². The van der Waals surface area contributed by atoms with Crippen LogP contribution in [0, 0.1) is 0 Å². The van der Waals surface area contributed by atoms with Crippen LogP contribution < -0.4 is 4.74 Å². The first-order valence-electron chi connectivity index (χ1n) is 12.9. The lowest BCUT2D eigenvalue weighted by atomic mass is 9.96. The number of aromatic amines is 1. The van der Waals surface area contributed by atoms with Gasteiger partial charge < -0.3 is 14.4 Å². The van der Waals surface area contributed by atoms with Gasteiger partial charge in [0, 0.05) is 42.3 Å². The maximum Gasteiger partial charge on any atom is 0.273 e. The Bertz CT molecular complexity index is 1380. The third-order valence-electron chi connectivity index (χ3n) is 7.19. The Hall–Kier alpha value is -3.65. The number of nitrogens with one attached hydrogen (secondary N) is 1. The minimum absolute atomic E-state index is 0.0321. The third-order valence-corrected chi connectivity index (χ3v) is 7.44. The highest BCUT2D eigenvalue weighted by molar-refractivity contribution is 6.30. The first-order valence-corrected chi connectivity index (χ1v) is 13.3. The van der Waals surface area contributed by atoms with Gasteiger partial charge in [-0.3, -0.25) is 14.8 Å². The fourth-order valence-corrected chi connectivity index (χ4v) is 5.29. The molecule has 3 heterocycles. The van der Waals surface area contributed by atoms with Gasteiger partial charge in [0.25, 0.3) is 5.91 Å². The molecular weight excluding hydrogens is 500 g/mol. The predicted molar refractivity (Wildman–Crippen MR) is 146 cm³/mol. The van der Waals surface area contributed by atoms with Gasteiger partial charge in [-0.2, -0.15) is 5.10 Å². The molecule has 3 aromatic carbocycles. The van der Waals surface area contributed by atoms with Crippen LogP contribution in [0.3, 0.4) is 0 Å². The summed E-state index contributed by atoms with van der Waals surface area (Å²) in [7, 11) is 0. The van der Waals surface area contributed by atoms with Crippen molar-refractivity contribution >= 4 is 17.5 Å². The van der Waals surface area contributed by atoms with Crippen molar-refractivity contribution in [3.8, 4) is 17.0 Å². The van der Waals surface area contributed by atoms with E-state index in [0.717, 1.165) is 66.5 Å². The van der Waals surface area contributed by atoms with Crippen molar-refractivity contribution in [1.29, 1.82) is 0 Å². The number of fused-ring (bicyclic) bond motifs is 1. The first-order chi connectivity index (χ1) is 18.7. The Labute approximate surface area is 226 Å². The number of rotatable bonds is 8. The predicted octanol–water partition coefficient (Wildman–Crippen LogP) is 5.19. The summed E-state index contributed by atoms with van der Waals surface area (Å²) in [6.45, 7) is 5.11. The number of hydrogen-bond donors (Lipinski definition) is 1. The molecule has 1 fully saturated rings. The molecule has 1 saturated heterocycles. The number of carbonyl (C=O) groups excluding carboxylic acids is 1. The van der Waals surface area contributed by atoms with E-state index in [4.69, 9.17) is 21.1 Å². The second-order valence-corrected chi connectivity index (χ2v) is 10.0. The molecule has 0 bridgehead atoms. The molecule has 0 radical (unpaired) electrons. The normalized spacial score (nSPS) is 17.6. The van der Waals surface area contributed by atoms with Gasteiger partial charge in [-0.25, -0.2) is 0 Å². The molecule has 194 valence electrons. The SMILES string of the molecule is O=C1c2[nH]nc(-c3ccc(Cl)cc3)c2C(c2ccc(OCc3ccccc3)cc2)N1CCN1CCOCC1. The number of benzene rings is 3. The Balaban J connectivity index is 1.30. The summed E-state index contributed by atoms with van der Waals surface area (Å²) in [5.74, 6) is 0.752. The molecule has 0 spiro atoms. The van der Waals surface area contributed by atoms with E-state index in [9.17, 15) is 4.79 Å². The fourth-order valence-electron chi connectivity index (χ4n) is 5.16. The Morgan fingerprint density at radius 3 is 2.42 bits per heavy atom. The molecule has 4 aromatic rings. The number of amides is 1. The number of H-pyrrole nitrogens is 1. The first kappa shape index (κ1) is 24.7. The smallest absolute Gasteiger partial charge is 0.273 e. The summed E-state index contributed by atoms with van der Waals surface area (Å²) in [5, 5.41) is 8.25. The van der Waals surface area contributed by atoms with Crippen LogP contribution >= 0.6 is 11.6 Å². The van der Waals surface area contributed by atoms with E-state index in [1.807, 2.05) is 83.8 Å². The van der Waals surface area contributed by atoms with Gasteiger partial charge in [0.1, 0.15) is 18.1 Å². The summed E-state index contributed by atoms with van der Waals surface area (Å²) in [6, 6.07) is 25.5. The molecule has 1 unspecified atom stereocenters. The Kier molecular flexibility index (Phi) is 7.14. The number of carbonyl (C=O) groups is 1. The van der Waals surface area contributed by atoms with Gasteiger partial charge >= 0.3 is 0 Å². The average Bonchev–Trinajstić information content (AvgIpc) is 3.51. The number of halogens is 1. The minimum Gasteiger partial charge on any atom is -0.489 e. The molecule has 2 aliphatic heterocycles. The molecule has 7 nitrogen and oxygen atoms in total. The number of hydrogen-bond acceptors (Lipinski definition) is 5. The summed E-state index contributed by atoms with van der Waals surface area (Å²) in [5.41, 5.74) is 5.27. The van der Waals surface area contributed by atoms with Gasteiger partial charge in [0.2, 0.25) is 0 Å². The van der Waals surface area contributed by atoms with E-state index in [-0.39, 0.29) is 11.9 Å². The maximum atomic E-state index is 13.6. The standard InChI is InChI=1S/C30H29ClN4O3/c31-24-10-6-22(7-11-24)27-26-28(33-32-27)30(36)35(15-14-34-16-18-37-19-17-34)29(26)23-8-12-25(13-9-23)38-20-21-4-2-1-3-5-21/h1-13,29H,14-20H2,(H,32,33). The molecule has 38 heavy (non-hydrogen) atoms. The van der Waals surface area contributed by atoms with E-state index < -0.39 is 0 Å². The molecule has 2 aliphatic rings. The highest BCUT2D eigenvalue weighted by Gasteiger charge is 2.42. The molecule has 1 aromatic heterocycles. The molecule has 0 aliphatic carbocycles. The van der Waals surface area contributed by atoms with Gasteiger partial charge in [-0.1, -0.05) is 66.2 Å². The summed E-state index contributed by atoms with van der Waals surface area (Å²) >= 11 is 6.14. The van der Waals surface area contributed by atoms with E-state index in [1.165, 1.54) is 0 Å². The van der Waals surface area contributed by atoms with Gasteiger partial charge in [0.05, 0.1) is 24.9 Å². The number of morpholine rings is 1. The number of nitrogens with zero attached hydrogens (tertiary/aromatic N) is 3. The van der Waals surface area contributed by atoms with Gasteiger partial charge in [-0.15, -0.1) is 0 Å². The lowest BCUT2D eigenvalue weighted by Crippen LogP contribution is -2.42. The van der Waals surface area contributed by atoms with Gasteiger partial charge in [0.15, 0.2) is 0 Å². The quantitative estimate of drug-likeness (QED) is 0.341. The van der Waals surface area contributed by atoms with Crippen LogP contribution in [0.2, 0.25) is 5.02 Å². The van der Waals surface area contributed by atoms with Crippen molar-refractivity contribution in [3.05, 3.63) is 106 Å². The number of ether oxygens (including phenoxy) is 2. The monoisotopic (exact) mass is 528 g/mol. The van der Waals surface area contributed by atoms with Crippen molar-refractivity contribution in [2.45, 2.75) is 12.6 Å². The van der Waals surface area contributed by atoms with Crippen LogP contribution in [0.5, 0.6) is 5.75 Å². The summed E-state index contributed by atoms with van der Waals surface area (Å²) in [4.78, 5) is 17.9. The van der Waals surface area contributed by atoms with E-state index in [1.54, 1.807) is 0 Å². The molecule has 6 rings (SSSR count). The Morgan fingerprint density at radius 1 is 0.947 bits per heavy atom. The Morgan fingerprint density at radius 2 is 1.68 bits per heavy atom.